The van der Waals surface area contributed by atoms with Gasteiger partial charge in [0.05, 0.1) is 23.2 Å². The van der Waals surface area contributed by atoms with Gasteiger partial charge in [-0.25, -0.2) is 0 Å². The van der Waals surface area contributed by atoms with Crippen molar-refractivity contribution in [2.75, 3.05) is 18.0 Å². The maximum atomic E-state index is 8.87. The fraction of sp³-hybridized carbons (Fsp3) is 0.500. The molecule has 1 aliphatic heterocycles. The average molecular weight is 264 g/mol. The number of hydrogen-bond donors (Lipinski definition) is 1. The first-order valence-corrected chi connectivity index (χ1v) is 6.71. The number of hydrogen-bond acceptors (Lipinski definition) is 3. The molecule has 0 aliphatic carbocycles. The lowest BCUT2D eigenvalue weighted by atomic mass is 10.2. The van der Waals surface area contributed by atoms with Crippen LogP contribution in [-0.4, -0.2) is 25.2 Å². The molecule has 1 N–H and O–H groups in total. The van der Waals surface area contributed by atoms with Gasteiger partial charge in [-0.1, -0.05) is 23.7 Å². The van der Waals surface area contributed by atoms with Crippen molar-refractivity contribution in [2.45, 2.75) is 31.8 Å². The number of nitriles is 1. The molecule has 3 nitrogen and oxygen atoms in total. The van der Waals surface area contributed by atoms with Crippen molar-refractivity contribution in [1.82, 2.24) is 5.32 Å². The van der Waals surface area contributed by atoms with Crippen LogP contribution in [0.4, 0.5) is 5.69 Å². The fourth-order valence-corrected chi connectivity index (χ4v) is 2.66. The molecule has 96 valence electrons. The number of nitrogens with zero attached hydrogens (tertiary/aromatic N) is 2. The topological polar surface area (TPSA) is 39.1 Å². The van der Waals surface area contributed by atoms with Crippen molar-refractivity contribution in [3.05, 3.63) is 29.3 Å². The molecule has 0 aromatic heterocycles. The molecule has 4 heteroatoms. The predicted octanol–water partition coefficient (Wildman–Crippen LogP) is 2.81. The van der Waals surface area contributed by atoms with Gasteiger partial charge in [0.15, 0.2) is 0 Å². The summed E-state index contributed by atoms with van der Waals surface area (Å²) in [7, 11) is 0. The molecule has 2 rings (SSSR count). The van der Waals surface area contributed by atoms with E-state index in [1.165, 1.54) is 0 Å². The Kier molecular flexibility index (Phi) is 4.46. The molecular formula is C14H18ClN3. The minimum atomic E-state index is 0.212. The Morgan fingerprint density at radius 2 is 2.28 bits per heavy atom. The zero-order valence-electron chi connectivity index (χ0n) is 10.6. The monoisotopic (exact) mass is 263 g/mol. The third-order valence-corrected chi connectivity index (χ3v) is 3.64. The third kappa shape index (κ3) is 3.16. The van der Waals surface area contributed by atoms with E-state index in [1.807, 2.05) is 24.3 Å². The van der Waals surface area contributed by atoms with Crippen LogP contribution in [0.3, 0.4) is 0 Å². The van der Waals surface area contributed by atoms with Crippen molar-refractivity contribution < 1.29 is 0 Å². The number of nitrogens with one attached hydrogen (secondary N) is 1. The summed E-state index contributed by atoms with van der Waals surface area (Å²) in [6, 6.07) is 10.8. The molecule has 0 saturated carbocycles. The van der Waals surface area contributed by atoms with E-state index in [-0.39, 0.29) is 6.04 Å². The first-order valence-electron chi connectivity index (χ1n) is 6.33. The van der Waals surface area contributed by atoms with Gasteiger partial charge in [0.1, 0.15) is 0 Å². The number of halogens is 1. The van der Waals surface area contributed by atoms with Crippen LogP contribution < -0.4 is 10.2 Å². The van der Waals surface area contributed by atoms with Crippen LogP contribution in [0.1, 0.15) is 19.8 Å². The van der Waals surface area contributed by atoms with Gasteiger partial charge in [0.2, 0.25) is 0 Å². The van der Waals surface area contributed by atoms with Gasteiger partial charge in [-0.2, -0.15) is 5.26 Å². The Morgan fingerprint density at radius 3 is 3.00 bits per heavy atom. The van der Waals surface area contributed by atoms with Crippen molar-refractivity contribution in [1.29, 1.82) is 5.26 Å². The second kappa shape index (κ2) is 6.08. The average Bonchev–Trinajstić information content (AvgIpc) is 2.52. The standard InChI is InChI=1S/C14H18ClN3/c1-11-7-9-18(10-12(17-11)6-8-16)14-5-3-2-4-13(14)15/h2-5,11-12,17H,6-7,9-10H2,1H3. The van der Waals surface area contributed by atoms with E-state index in [4.69, 9.17) is 16.9 Å². The lowest BCUT2D eigenvalue weighted by molar-refractivity contribution is 0.473. The summed E-state index contributed by atoms with van der Waals surface area (Å²) in [6.07, 6.45) is 1.60. The van der Waals surface area contributed by atoms with Crippen LogP contribution in [0, 0.1) is 11.3 Å². The summed E-state index contributed by atoms with van der Waals surface area (Å²) in [5, 5.41) is 13.1. The summed E-state index contributed by atoms with van der Waals surface area (Å²) in [5.74, 6) is 0. The van der Waals surface area contributed by atoms with Crippen molar-refractivity contribution >= 4 is 17.3 Å². The lowest BCUT2D eigenvalue weighted by Gasteiger charge is -2.26. The summed E-state index contributed by atoms with van der Waals surface area (Å²) in [5.41, 5.74) is 1.07. The Hall–Kier alpha value is -1.24. The minimum Gasteiger partial charge on any atom is -0.369 e. The molecule has 1 heterocycles. The fourth-order valence-electron chi connectivity index (χ4n) is 2.41. The number of rotatable bonds is 2. The third-order valence-electron chi connectivity index (χ3n) is 3.32. The van der Waals surface area contributed by atoms with Crippen LogP contribution >= 0.6 is 11.6 Å². The molecular weight excluding hydrogens is 246 g/mol. The summed E-state index contributed by atoms with van der Waals surface area (Å²) in [4.78, 5) is 2.28. The molecule has 0 spiro atoms. The second-order valence-corrected chi connectivity index (χ2v) is 5.22. The highest BCUT2D eigenvalue weighted by Crippen LogP contribution is 2.26. The van der Waals surface area contributed by atoms with Crippen molar-refractivity contribution in [3.8, 4) is 6.07 Å². The molecule has 2 atom stereocenters. The van der Waals surface area contributed by atoms with Crippen molar-refractivity contribution in [3.63, 3.8) is 0 Å². The molecule has 0 radical (unpaired) electrons. The zero-order valence-corrected chi connectivity index (χ0v) is 11.3. The SMILES string of the molecule is CC1CCN(c2ccccc2Cl)CC(CC#N)N1. The molecule has 1 aliphatic rings. The Labute approximate surface area is 113 Å². The van der Waals surface area contributed by atoms with Gasteiger partial charge in [0, 0.05) is 25.2 Å². The minimum absolute atomic E-state index is 0.212. The van der Waals surface area contributed by atoms with E-state index in [2.05, 4.69) is 23.2 Å². The predicted molar refractivity (Wildman–Crippen MR) is 74.9 cm³/mol. The van der Waals surface area contributed by atoms with E-state index < -0.39 is 0 Å². The van der Waals surface area contributed by atoms with Gasteiger partial charge in [-0.15, -0.1) is 0 Å². The Bertz CT molecular complexity index is 441. The molecule has 2 unspecified atom stereocenters. The highest BCUT2D eigenvalue weighted by atomic mass is 35.5. The van der Waals surface area contributed by atoms with Gasteiger partial charge in [-0.05, 0) is 25.5 Å². The first kappa shape index (κ1) is 13.2. The number of para-hydroxylation sites is 1. The summed E-state index contributed by atoms with van der Waals surface area (Å²) >= 11 is 6.24. The number of benzene rings is 1. The Balaban J connectivity index is 2.17. The van der Waals surface area contributed by atoms with Crippen LogP contribution in [0.5, 0.6) is 0 Å². The highest BCUT2D eigenvalue weighted by Gasteiger charge is 2.22. The van der Waals surface area contributed by atoms with E-state index in [9.17, 15) is 0 Å². The van der Waals surface area contributed by atoms with E-state index >= 15 is 0 Å². The highest BCUT2D eigenvalue weighted by molar-refractivity contribution is 6.33. The quantitative estimate of drug-likeness (QED) is 0.892. The van der Waals surface area contributed by atoms with E-state index in [0.717, 1.165) is 30.2 Å². The second-order valence-electron chi connectivity index (χ2n) is 4.81. The first-order chi connectivity index (χ1) is 8.70. The molecule has 0 amide bonds. The molecule has 1 aromatic rings. The molecule has 18 heavy (non-hydrogen) atoms. The normalized spacial score (nSPS) is 24.4. The van der Waals surface area contributed by atoms with Gasteiger partial charge < -0.3 is 10.2 Å². The maximum absolute atomic E-state index is 8.87. The van der Waals surface area contributed by atoms with E-state index in [0.29, 0.717) is 12.5 Å². The van der Waals surface area contributed by atoms with Crippen LogP contribution in [0.25, 0.3) is 0 Å². The molecule has 1 saturated heterocycles. The largest absolute Gasteiger partial charge is 0.369 e. The Morgan fingerprint density at radius 1 is 1.50 bits per heavy atom. The lowest BCUT2D eigenvalue weighted by Crippen LogP contribution is -2.40. The van der Waals surface area contributed by atoms with Crippen molar-refractivity contribution in [2.24, 2.45) is 0 Å². The molecule has 0 bridgehead atoms. The van der Waals surface area contributed by atoms with Gasteiger partial charge >= 0.3 is 0 Å². The number of anilines is 1. The van der Waals surface area contributed by atoms with Gasteiger partial charge in [0.25, 0.3) is 0 Å². The van der Waals surface area contributed by atoms with Crippen LogP contribution in [0.15, 0.2) is 24.3 Å². The summed E-state index contributed by atoms with van der Waals surface area (Å²) in [6.45, 7) is 3.97. The van der Waals surface area contributed by atoms with Crippen LogP contribution in [-0.2, 0) is 0 Å². The van der Waals surface area contributed by atoms with Gasteiger partial charge in [-0.3, -0.25) is 0 Å². The zero-order chi connectivity index (χ0) is 13.0. The van der Waals surface area contributed by atoms with E-state index in [1.54, 1.807) is 0 Å². The molecule has 1 fully saturated rings. The summed E-state index contributed by atoms with van der Waals surface area (Å²) < 4.78 is 0. The smallest absolute Gasteiger partial charge is 0.0639 e. The molecule has 1 aromatic carbocycles. The maximum Gasteiger partial charge on any atom is 0.0639 e. The van der Waals surface area contributed by atoms with Crippen LogP contribution in [0.2, 0.25) is 5.02 Å².